The fourth-order valence-electron chi connectivity index (χ4n) is 13.9. The molecule has 0 N–H and O–H groups in total. The van der Waals surface area contributed by atoms with Crippen LogP contribution >= 0.6 is 0 Å². The molecule has 9 aromatic carbocycles. The first-order valence-electron chi connectivity index (χ1n) is 37.6. The number of fused-ring (bicyclic) bond motifs is 2. The molecule has 9 aromatic rings. The average molecular weight is 1640 g/mol. The van der Waals surface area contributed by atoms with Gasteiger partial charge in [0.05, 0.1) is 99.1 Å². The number of benzene rings is 9. The Kier molecular flexibility index (Phi) is 26.1. The van der Waals surface area contributed by atoms with E-state index in [9.17, 15) is 38.4 Å². The Morgan fingerprint density at radius 3 is 0.692 bits per heavy atom. The zero-order chi connectivity index (χ0) is 87.2. The summed E-state index contributed by atoms with van der Waals surface area (Å²) >= 11 is 0. The second-order valence-corrected chi connectivity index (χ2v) is 28.8. The maximum Gasteiger partial charge on any atom is 0.337 e. The molecule has 620 valence electrons. The van der Waals surface area contributed by atoms with Gasteiger partial charge in [-0.05, 0) is 161 Å². The second kappa shape index (κ2) is 36.3. The Bertz CT molecular complexity index is 5120. The topological polar surface area (TPSA) is 363 Å². The Balaban J connectivity index is 1.30. The second-order valence-electron chi connectivity index (χ2n) is 28.8. The van der Waals surface area contributed by atoms with E-state index in [0.29, 0.717) is 0 Å². The lowest BCUT2D eigenvalue weighted by molar-refractivity contribution is -0.146. The fourth-order valence-corrected chi connectivity index (χ4v) is 13.9. The summed E-state index contributed by atoms with van der Waals surface area (Å²) in [5.74, 6) is -15.4. The lowest BCUT2D eigenvalue weighted by Gasteiger charge is -2.39. The Morgan fingerprint density at radius 2 is 0.517 bits per heavy atom. The van der Waals surface area contributed by atoms with Crippen LogP contribution in [0.1, 0.15) is 138 Å². The maximum absolute atomic E-state index is 16.6. The highest BCUT2D eigenvalue weighted by Crippen LogP contribution is 2.58. The molecule has 2 unspecified atom stereocenters. The van der Waals surface area contributed by atoms with Crippen molar-refractivity contribution in [2.24, 2.45) is 11.8 Å². The summed E-state index contributed by atoms with van der Waals surface area (Å²) in [6.07, 6.45) is 0. The van der Waals surface area contributed by atoms with Crippen molar-refractivity contribution in [3.63, 3.8) is 0 Å². The lowest BCUT2D eigenvalue weighted by Crippen LogP contribution is -2.57. The van der Waals surface area contributed by atoms with Crippen molar-refractivity contribution >= 4 is 126 Å². The quantitative estimate of drug-likeness (QED) is 0.00902. The average Bonchev–Trinajstić information content (AvgIpc) is 0.669. The number of amides is 6. The van der Waals surface area contributed by atoms with E-state index in [0.717, 1.165) is 19.6 Å². The van der Waals surface area contributed by atoms with Crippen LogP contribution < -0.4 is 18.9 Å². The van der Waals surface area contributed by atoms with Gasteiger partial charge in [0.15, 0.2) is 0 Å². The van der Waals surface area contributed by atoms with E-state index in [1.165, 1.54) is 177 Å². The highest BCUT2D eigenvalue weighted by molar-refractivity contribution is 6.45. The van der Waals surface area contributed by atoms with Crippen LogP contribution in [0.5, 0.6) is 46.0 Å². The number of carbonyl (C=O) groups is 14. The minimum absolute atomic E-state index is 0.0247. The lowest BCUT2D eigenvalue weighted by atomic mass is 9.80. The number of rotatable bonds is 34. The largest absolute Gasteiger partial charge is 0.465 e. The first kappa shape index (κ1) is 86.3. The fraction of sp³-hybridized carbons (Fsp3) is 0.267. The number of hydrogen-bond acceptors (Lipinski definition) is 26. The van der Waals surface area contributed by atoms with Crippen molar-refractivity contribution in [1.82, 2.24) is 19.6 Å². The molecule has 0 fully saturated rings. The molecule has 0 bridgehead atoms. The zero-order valence-electron chi connectivity index (χ0n) is 67.7. The van der Waals surface area contributed by atoms with Gasteiger partial charge in [0.2, 0.25) is 11.8 Å². The molecule has 2 heterocycles. The molecule has 0 radical (unpaired) electrons. The summed E-state index contributed by atoms with van der Waals surface area (Å²) in [6.45, 7) is 23.3. The first-order chi connectivity index (χ1) is 57.1. The molecule has 2 aliphatic heterocycles. The molecule has 30 nitrogen and oxygen atoms in total. The number of carbonyl (C=O) groups excluding carboxylic acids is 14. The minimum atomic E-state index is -1.74. The molecule has 0 saturated carbocycles. The normalized spacial score (nSPS) is 12.7. The molecule has 30 heteroatoms. The predicted octanol–water partition coefficient (Wildman–Crippen LogP) is 13.4. The summed E-state index contributed by atoms with van der Waals surface area (Å²) in [5.41, 5.74) is -0.828. The van der Waals surface area contributed by atoms with E-state index in [-0.39, 0.29) is 182 Å². The summed E-state index contributed by atoms with van der Waals surface area (Å²) in [4.78, 5) is 206. The third kappa shape index (κ3) is 17.4. The van der Waals surface area contributed by atoms with Gasteiger partial charge in [0, 0.05) is 65.4 Å². The molecule has 2 aliphatic rings. The van der Waals surface area contributed by atoms with Crippen LogP contribution in [-0.2, 0) is 66.7 Å². The number of methoxy groups -OCH3 is 4. The molecular formula is C90H84N4O26. The van der Waals surface area contributed by atoms with Crippen LogP contribution in [0, 0.1) is 11.8 Å². The van der Waals surface area contributed by atoms with Crippen molar-refractivity contribution in [3.05, 3.63) is 214 Å². The Labute approximate surface area is 687 Å². The van der Waals surface area contributed by atoms with Gasteiger partial charge in [-0.25, -0.2) is 38.4 Å². The molecule has 120 heavy (non-hydrogen) atoms. The van der Waals surface area contributed by atoms with Crippen LogP contribution in [0.2, 0.25) is 0 Å². The molecule has 2 atom stereocenters. The molecule has 11 rings (SSSR count). The molecular weight excluding hydrogens is 1550 g/mol. The van der Waals surface area contributed by atoms with Gasteiger partial charge in [0.25, 0.3) is 23.6 Å². The number of ether oxygens (including phenoxy) is 12. The van der Waals surface area contributed by atoms with Gasteiger partial charge in [-0.1, -0.05) is 54.0 Å². The summed E-state index contributed by atoms with van der Waals surface area (Å²) in [7, 11) is 4.72. The van der Waals surface area contributed by atoms with Crippen molar-refractivity contribution < 1.29 is 124 Å². The van der Waals surface area contributed by atoms with Gasteiger partial charge in [0.1, 0.15) is 84.5 Å². The summed E-state index contributed by atoms with van der Waals surface area (Å²) < 4.78 is 70.4. The van der Waals surface area contributed by atoms with E-state index in [1.807, 2.05) is 0 Å². The van der Waals surface area contributed by atoms with Crippen molar-refractivity contribution in [3.8, 4) is 46.0 Å². The summed E-state index contributed by atoms with van der Waals surface area (Å²) in [5, 5.41) is -0.701. The van der Waals surface area contributed by atoms with Crippen molar-refractivity contribution in [1.29, 1.82) is 0 Å². The minimum Gasteiger partial charge on any atom is -0.465 e. The van der Waals surface area contributed by atoms with Crippen LogP contribution in [0.25, 0.3) is 43.1 Å². The third-order valence-electron chi connectivity index (χ3n) is 19.7. The van der Waals surface area contributed by atoms with Crippen LogP contribution in [0.4, 0.5) is 0 Å². The maximum atomic E-state index is 16.6. The van der Waals surface area contributed by atoms with Gasteiger partial charge < -0.3 is 66.6 Å². The zero-order valence-corrected chi connectivity index (χ0v) is 67.7. The van der Waals surface area contributed by atoms with E-state index in [2.05, 4.69) is 26.3 Å². The van der Waals surface area contributed by atoms with Crippen LogP contribution in [-0.4, -0.2) is 196 Å². The number of nitrogens with zero attached hydrogens (tertiary/aromatic N) is 4. The highest BCUT2D eigenvalue weighted by Gasteiger charge is 2.49. The molecule has 0 spiro atoms. The standard InChI is InChI=1S/C90H84N4O26/c1-45(2)75(81(99)91(33-37-113-83(101)47(5)6)34-38-114-84(102)48(7)8)93-77(95)59-41-63(117-55-25-17-51(18-26-55)87(105)109-13)69-71-65(119-57-29-21-53(22-30-57)89(107)111-15)43-61-68-62(80(98)94(79(61)97)76(46(3)4)82(100)92(35-39-115-85(103)49(9)10)36-40-116-86(104)50(11)12)44-66(120-58-31-23-54(24-32-58)90(108)112-16)72(74(68)71)70-64(42-60(78(93)96)67(59)73(69)70)118-56-27-19-52(20-28-56)88(106)110-14/h17-32,41-46,75-76H,5,7,9,11,33-40H2,1-4,6,8,10,12-16H3. The molecule has 0 aliphatic carbocycles. The smallest absolute Gasteiger partial charge is 0.337 e. The monoisotopic (exact) mass is 1640 g/mol. The first-order valence-corrected chi connectivity index (χ1v) is 37.6. The van der Waals surface area contributed by atoms with E-state index in [4.69, 9.17) is 56.8 Å². The Morgan fingerprint density at radius 1 is 0.317 bits per heavy atom. The summed E-state index contributed by atoms with van der Waals surface area (Å²) in [6, 6.07) is 24.1. The predicted molar refractivity (Wildman–Crippen MR) is 434 cm³/mol. The number of esters is 8. The van der Waals surface area contributed by atoms with E-state index < -0.39 is 134 Å². The highest BCUT2D eigenvalue weighted by atomic mass is 16.6. The van der Waals surface area contributed by atoms with Crippen molar-refractivity contribution in [2.75, 3.05) is 81.0 Å². The SMILES string of the molecule is C=C(C)C(=O)OCCN(CCOC(=O)C(=C)C)C(=O)C(C(C)C)N1C(=O)c2cc(Oc3ccc(C(=O)OC)cc3)c3c4c(Oc5ccc(C(=O)OC)cc5)cc5c6c(cc(Oc7ccc(C(=O)OC)cc7)c(c7c(Oc8ccc(C(=O)OC)cc8)cc(c2c37)C1=O)c64)C(=O)N(C(C(=O)N(CCOC(=O)C(=C)C)CCOC(=O)C(=C)C)C(C)C)C5=O. The van der Waals surface area contributed by atoms with Gasteiger partial charge in [-0.15, -0.1) is 0 Å². The number of hydrogen-bond donors (Lipinski definition) is 0. The van der Waals surface area contributed by atoms with Crippen LogP contribution in [0.3, 0.4) is 0 Å². The third-order valence-corrected chi connectivity index (χ3v) is 19.7. The molecule has 6 amide bonds. The Hall–Kier alpha value is -14.6. The van der Waals surface area contributed by atoms with Gasteiger partial charge >= 0.3 is 47.8 Å². The number of imide groups is 2. The van der Waals surface area contributed by atoms with Crippen molar-refractivity contribution in [2.45, 2.75) is 67.5 Å². The van der Waals surface area contributed by atoms with Gasteiger partial charge in [-0.3, -0.25) is 38.6 Å². The van der Waals surface area contributed by atoms with E-state index in [1.54, 1.807) is 27.7 Å². The molecule has 0 saturated heterocycles. The van der Waals surface area contributed by atoms with Crippen LogP contribution in [0.15, 0.2) is 170 Å². The van der Waals surface area contributed by atoms with E-state index >= 15 is 28.8 Å². The van der Waals surface area contributed by atoms with Gasteiger partial charge in [-0.2, -0.15) is 0 Å². The molecule has 0 aromatic heterocycles.